The first-order chi connectivity index (χ1) is 7.74. The molecule has 1 saturated carbocycles. The van der Waals surface area contributed by atoms with Gasteiger partial charge in [-0.15, -0.1) is 0 Å². The van der Waals surface area contributed by atoms with Crippen molar-refractivity contribution in [1.29, 1.82) is 0 Å². The first-order valence-corrected chi connectivity index (χ1v) is 5.97. The van der Waals surface area contributed by atoms with E-state index in [0.717, 1.165) is 25.7 Å². The van der Waals surface area contributed by atoms with E-state index in [9.17, 15) is 0 Å². The average molecular weight is 231 g/mol. The van der Waals surface area contributed by atoms with Crippen LogP contribution in [0.2, 0.25) is 0 Å². The van der Waals surface area contributed by atoms with Crippen molar-refractivity contribution in [2.75, 3.05) is 33.0 Å². The van der Waals surface area contributed by atoms with Gasteiger partial charge in [-0.3, -0.25) is 0 Å². The molecule has 2 rings (SSSR count). The quantitative estimate of drug-likeness (QED) is 0.713. The molecule has 0 atom stereocenters. The summed E-state index contributed by atoms with van der Waals surface area (Å²) in [5.41, 5.74) is 5.49. The van der Waals surface area contributed by atoms with Gasteiger partial charge in [0.05, 0.1) is 32.0 Å². The molecule has 3 N–H and O–H groups in total. The first kappa shape index (κ1) is 12.3. The SMILES string of the molecule is NCC1(OCCO)CCC2(CC1)OCCO2. The normalized spacial score (nSPS) is 27.4. The molecule has 0 amide bonds. The Bertz CT molecular complexity index is 218. The van der Waals surface area contributed by atoms with Gasteiger partial charge in [-0.1, -0.05) is 0 Å². The molecule has 16 heavy (non-hydrogen) atoms. The number of aliphatic hydroxyl groups is 1. The third kappa shape index (κ3) is 2.38. The highest BCUT2D eigenvalue weighted by Gasteiger charge is 2.46. The Morgan fingerprint density at radius 1 is 1.12 bits per heavy atom. The molecule has 94 valence electrons. The summed E-state index contributed by atoms with van der Waals surface area (Å²) in [5, 5.41) is 8.80. The van der Waals surface area contributed by atoms with Crippen LogP contribution in [-0.2, 0) is 14.2 Å². The molecule has 5 nitrogen and oxygen atoms in total. The molecule has 1 spiro atoms. The van der Waals surface area contributed by atoms with Crippen molar-refractivity contribution in [1.82, 2.24) is 0 Å². The number of rotatable bonds is 4. The van der Waals surface area contributed by atoms with E-state index in [1.807, 2.05) is 0 Å². The Morgan fingerprint density at radius 2 is 1.75 bits per heavy atom. The fraction of sp³-hybridized carbons (Fsp3) is 1.00. The molecule has 1 aliphatic carbocycles. The number of hydrogen-bond donors (Lipinski definition) is 2. The summed E-state index contributed by atoms with van der Waals surface area (Å²) < 4.78 is 17.0. The number of aliphatic hydroxyl groups excluding tert-OH is 1. The summed E-state index contributed by atoms with van der Waals surface area (Å²) in [6.45, 7) is 2.26. The van der Waals surface area contributed by atoms with Gasteiger partial charge in [0.1, 0.15) is 0 Å². The van der Waals surface area contributed by atoms with Crippen LogP contribution in [0.4, 0.5) is 0 Å². The predicted octanol–water partition coefficient (Wildman–Crippen LogP) is 0.00990. The van der Waals surface area contributed by atoms with Crippen LogP contribution in [0.25, 0.3) is 0 Å². The molecule has 0 aromatic rings. The van der Waals surface area contributed by atoms with Crippen LogP contribution in [0.1, 0.15) is 25.7 Å². The molecule has 0 radical (unpaired) electrons. The summed E-state index contributed by atoms with van der Waals surface area (Å²) in [4.78, 5) is 0. The first-order valence-electron chi connectivity index (χ1n) is 5.97. The van der Waals surface area contributed by atoms with E-state index in [1.165, 1.54) is 0 Å². The zero-order valence-electron chi connectivity index (χ0n) is 9.61. The molecule has 1 saturated heterocycles. The number of ether oxygens (including phenoxy) is 3. The van der Waals surface area contributed by atoms with Gasteiger partial charge in [0, 0.05) is 19.4 Å². The molecular weight excluding hydrogens is 210 g/mol. The maximum atomic E-state index is 8.80. The van der Waals surface area contributed by atoms with Crippen molar-refractivity contribution in [3.63, 3.8) is 0 Å². The minimum atomic E-state index is -0.374. The van der Waals surface area contributed by atoms with E-state index < -0.39 is 0 Å². The zero-order chi connectivity index (χ0) is 11.5. The highest BCUT2D eigenvalue weighted by atomic mass is 16.7. The van der Waals surface area contributed by atoms with Gasteiger partial charge in [-0.25, -0.2) is 0 Å². The molecule has 0 bridgehead atoms. The van der Waals surface area contributed by atoms with Crippen molar-refractivity contribution in [3.8, 4) is 0 Å². The molecule has 2 fully saturated rings. The Morgan fingerprint density at radius 3 is 2.25 bits per heavy atom. The smallest absolute Gasteiger partial charge is 0.168 e. The lowest BCUT2D eigenvalue weighted by atomic mass is 9.81. The lowest BCUT2D eigenvalue weighted by Crippen LogP contribution is -2.49. The summed E-state index contributed by atoms with van der Waals surface area (Å²) in [5.74, 6) is -0.374. The number of nitrogens with two attached hydrogens (primary N) is 1. The van der Waals surface area contributed by atoms with Gasteiger partial charge >= 0.3 is 0 Å². The summed E-state index contributed by atoms with van der Waals surface area (Å²) in [6.07, 6.45) is 3.33. The maximum Gasteiger partial charge on any atom is 0.168 e. The molecule has 5 heteroatoms. The summed E-state index contributed by atoms with van der Waals surface area (Å²) in [7, 11) is 0. The third-order valence-corrected chi connectivity index (χ3v) is 3.61. The second kappa shape index (κ2) is 4.98. The minimum absolute atomic E-state index is 0.0416. The molecule has 0 aromatic carbocycles. The van der Waals surface area contributed by atoms with E-state index in [2.05, 4.69) is 0 Å². The molecule has 1 heterocycles. The van der Waals surface area contributed by atoms with Gasteiger partial charge in [0.25, 0.3) is 0 Å². The zero-order valence-corrected chi connectivity index (χ0v) is 9.61. The highest BCUT2D eigenvalue weighted by molar-refractivity contribution is 4.93. The second-order valence-corrected chi connectivity index (χ2v) is 4.57. The fourth-order valence-corrected chi connectivity index (χ4v) is 2.54. The molecule has 2 aliphatic rings. The van der Waals surface area contributed by atoms with Crippen molar-refractivity contribution < 1.29 is 19.3 Å². The van der Waals surface area contributed by atoms with E-state index in [4.69, 9.17) is 25.1 Å². The lowest BCUT2D eigenvalue weighted by Gasteiger charge is -2.42. The summed E-state index contributed by atoms with van der Waals surface area (Å²) >= 11 is 0. The lowest BCUT2D eigenvalue weighted by molar-refractivity contribution is -0.209. The van der Waals surface area contributed by atoms with Gasteiger partial charge in [0.2, 0.25) is 0 Å². The van der Waals surface area contributed by atoms with Gasteiger partial charge in [0.15, 0.2) is 5.79 Å². The standard InChI is InChI=1S/C11H21NO4/c12-9-10(14-6-5-13)1-3-11(4-2-10)15-7-8-16-11/h13H,1-9,12H2. The van der Waals surface area contributed by atoms with Gasteiger partial charge in [-0.2, -0.15) is 0 Å². The van der Waals surface area contributed by atoms with Crippen molar-refractivity contribution in [2.45, 2.75) is 37.1 Å². The highest BCUT2D eigenvalue weighted by Crippen LogP contribution is 2.41. The average Bonchev–Trinajstić information content (AvgIpc) is 2.78. The predicted molar refractivity (Wildman–Crippen MR) is 57.9 cm³/mol. The fourth-order valence-electron chi connectivity index (χ4n) is 2.54. The van der Waals surface area contributed by atoms with Crippen LogP contribution in [0.3, 0.4) is 0 Å². The van der Waals surface area contributed by atoms with Crippen molar-refractivity contribution >= 4 is 0 Å². The van der Waals surface area contributed by atoms with E-state index in [-0.39, 0.29) is 18.0 Å². The van der Waals surface area contributed by atoms with Gasteiger partial charge < -0.3 is 25.1 Å². The van der Waals surface area contributed by atoms with Crippen LogP contribution in [0, 0.1) is 0 Å². The van der Waals surface area contributed by atoms with Crippen LogP contribution in [0.15, 0.2) is 0 Å². The Hall–Kier alpha value is -0.200. The Balaban J connectivity index is 1.90. The Labute approximate surface area is 95.9 Å². The van der Waals surface area contributed by atoms with Crippen molar-refractivity contribution in [3.05, 3.63) is 0 Å². The Kier molecular flexibility index (Phi) is 3.81. The maximum absolute atomic E-state index is 8.80. The topological polar surface area (TPSA) is 73.9 Å². The monoisotopic (exact) mass is 231 g/mol. The van der Waals surface area contributed by atoms with Crippen LogP contribution < -0.4 is 5.73 Å². The van der Waals surface area contributed by atoms with E-state index in [0.29, 0.717) is 26.4 Å². The minimum Gasteiger partial charge on any atom is -0.394 e. The molecule has 0 aromatic heterocycles. The second-order valence-electron chi connectivity index (χ2n) is 4.57. The third-order valence-electron chi connectivity index (χ3n) is 3.61. The van der Waals surface area contributed by atoms with Gasteiger partial charge in [-0.05, 0) is 12.8 Å². The molecule has 1 aliphatic heterocycles. The molecular formula is C11H21NO4. The van der Waals surface area contributed by atoms with E-state index in [1.54, 1.807) is 0 Å². The van der Waals surface area contributed by atoms with E-state index >= 15 is 0 Å². The van der Waals surface area contributed by atoms with Crippen LogP contribution in [-0.4, -0.2) is 49.5 Å². The number of hydrogen-bond acceptors (Lipinski definition) is 5. The van der Waals surface area contributed by atoms with Crippen molar-refractivity contribution in [2.24, 2.45) is 5.73 Å². The summed E-state index contributed by atoms with van der Waals surface area (Å²) in [6, 6.07) is 0. The van der Waals surface area contributed by atoms with Crippen LogP contribution >= 0.6 is 0 Å². The molecule has 0 unspecified atom stereocenters. The van der Waals surface area contributed by atoms with Crippen LogP contribution in [0.5, 0.6) is 0 Å². The largest absolute Gasteiger partial charge is 0.394 e.